The number of aromatic amines is 1. The van der Waals surface area contributed by atoms with Crippen LogP contribution in [0.3, 0.4) is 0 Å². The number of fused-ring (bicyclic) bond motifs is 1. The average molecular weight is 240 g/mol. The van der Waals surface area contributed by atoms with Gasteiger partial charge in [0.2, 0.25) is 5.95 Å². The highest BCUT2D eigenvalue weighted by atomic mass is 15.2. The molecular weight excluding hydrogens is 228 g/mol. The van der Waals surface area contributed by atoms with Gasteiger partial charge in [0.05, 0.1) is 11.6 Å². The minimum atomic E-state index is -0.0198. The highest BCUT2D eigenvalue weighted by Gasteiger charge is 2.09. The summed E-state index contributed by atoms with van der Waals surface area (Å²) in [5.74, 6) is 1.34. The van der Waals surface area contributed by atoms with Crippen LogP contribution in [0.15, 0.2) is 36.8 Å². The van der Waals surface area contributed by atoms with Gasteiger partial charge >= 0.3 is 0 Å². The van der Waals surface area contributed by atoms with E-state index in [1.807, 2.05) is 31.2 Å². The van der Waals surface area contributed by atoms with E-state index in [0.29, 0.717) is 5.95 Å². The van der Waals surface area contributed by atoms with Crippen LogP contribution in [0.25, 0.3) is 10.9 Å². The van der Waals surface area contributed by atoms with Gasteiger partial charge in [-0.2, -0.15) is 5.10 Å². The Bertz CT molecular complexity index is 648. The van der Waals surface area contributed by atoms with E-state index in [1.165, 1.54) is 6.33 Å². The van der Waals surface area contributed by atoms with E-state index in [2.05, 4.69) is 30.5 Å². The van der Waals surface area contributed by atoms with Gasteiger partial charge in [-0.1, -0.05) is 18.2 Å². The molecule has 1 atom stereocenters. The van der Waals surface area contributed by atoms with Gasteiger partial charge in [-0.25, -0.2) is 15.0 Å². The Hall–Kier alpha value is -2.50. The average Bonchev–Trinajstić information content (AvgIpc) is 2.92. The van der Waals surface area contributed by atoms with Crippen LogP contribution >= 0.6 is 0 Å². The molecule has 90 valence electrons. The molecule has 6 heteroatoms. The van der Waals surface area contributed by atoms with Crippen LogP contribution in [0, 0.1) is 0 Å². The lowest BCUT2D eigenvalue weighted by molar-refractivity contribution is 0.784. The number of hydrogen-bond donors (Lipinski definition) is 2. The van der Waals surface area contributed by atoms with Crippen LogP contribution in [-0.2, 0) is 0 Å². The Balaban J connectivity index is 1.86. The van der Waals surface area contributed by atoms with Crippen LogP contribution < -0.4 is 5.32 Å². The largest absolute Gasteiger partial charge is 0.344 e. The fraction of sp³-hybridized carbons (Fsp3) is 0.167. The van der Waals surface area contributed by atoms with Crippen molar-refractivity contribution in [3.63, 3.8) is 0 Å². The highest BCUT2D eigenvalue weighted by molar-refractivity contribution is 5.78. The zero-order valence-corrected chi connectivity index (χ0v) is 9.83. The Labute approximate surface area is 104 Å². The third-order valence-corrected chi connectivity index (χ3v) is 2.68. The number of rotatable bonds is 3. The SMILES string of the molecule is CC(Nc1ncc2ccccc2n1)c1ncn[nH]1. The monoisotopic (exact) mass is 240 g/mol. The summed E-state index contributed by atoms with van der Waals surface area (Å²) in [6.45, 7) is 1.97. The van der Waals surface area contributed by atoms with Crippen LogP contribution in [0.5, 0.6) is 0 Å². The predicted molar refractivity (Wildman–Crippen MR) is 68.0 cm³/mol. The van der Waals surface area contributed by atoms with Crippen molar-refractivity contribution >= 4 is 16.9 Å². The first-order chi connectivity index (χ1) is 8.83. The van der Waals surface area contributed by atoms with Crippen LogP contribution in [0.1, 0.15) is 18.8 Å². The summed E-state index contributed by atoms with van der Waals surface area (Å²) < 4.78 is 0. The summed E-state index contributed by atoms with van der Waals surface area (Å²) in [5, 5.41) is 10.8. The molecule has 3 aromatic rings. The molecule has 6 nitrogen and oxygen atoms in total. The second-order valence-corrected chi connectivity index (χ2v) is 3.99. The Morgan fingerprint density at radius 2 is 2.11 bits per heavy atom. The molecule has 2 aromatic heterocycles. The summed E-state index contributed by atoms with van der Waals surface area (Å²) in [4.78, 5) is 12.8. The Morgan fingerprint density at radius 1 is 1.22 bits per heavy atom. The second-order valence-electron chi connectivity index (χ2n) is 3.99. The van der Waals surface area contributed by atoms with Crippen LogP contribution in [0.2, 0.25) is 0 Å². The van der Waals surface area contributed by atoms with E-state index in [0.717, 1.165) is 16.7 Å². The summed E-state index contributed by atoms with van der Waals surface area (Å²) in [6.07, 6.45) is 3.28. The number of anilines is 1. The molecule has 2 heterocycles. The quantitative estimate of drug-likeness (QED) is 0.731. The van der Waals surface area contributed by atoms with Crippen molar-refractivity contribution < 1.29 is 0 Å². The number of para-hydroxylation sites is 1. The third kappa shape index (κ3) is 2.00. The number of nitrogens with one attached hydrogen (secondary N) is 2. The number of hydrogen-bond acceptors (Lipinski definition) is 5. The molecular formula is C12H12N6. The van der Waals surface area contributed by atoms with Gasteiger partial charge in [-0.3, -0.25) is 5.10 Å². The van der Waals surface area contributed by atoms with Crippen molar-refractivity contribution in [2.75, 3.05) is 5.32 Å². The van der Waals surface area contributed by atoms with E-state index < -0.39 is 0 Å². The zero-order valence-electron chi connectivity index (χ0n) is 9.83. The Morgan fingerprint density at radius 3 is 2.94 bits per heavy atom. The fourth-order valence-corrected chi connectivity index (χ4v) is 1.73. The second kappa shape index (κ2) is 4.40. The van der Waals surface area contributed by atoms with Gasteiger partial charge in [0.25, 0.3) is 0 Å². The summed E-state index contributed by atoms with van der Waals surface area (Å²) in [5.41, 5.74) is 0.916. The molecule has 0 aliphatic rings. The molecule has 0 saturated heterocycles. The minimum absolute atomic E-state index is 0.0198. The van der Waals surface area contributed by atoms with Crippen molar-refractivity contribution in [1.82, 2.24) is 25.1 Å². The molecule has 0 aliphatic heterocycles. The van der Waals surface area contributed by atoms with Crippen molar-refractivity contribution in [1.29, 1.82) is 0 Å². The predicted octanol–water partition coefficient (Wildman–Crippen LogP) is 1.92. The standard InChI is InChI=1S/C12H12N6/c1-8(11-14-7-15-18-11)16-12-13-6-9-4-2-3-5-10(9)17-12/h2-8H,1H3,(H,13,16,17)(H,14,15,18). The molecule has 0 saturated carbocycles. The van der Waals surface area contributed by atoms with Gasteiger partial charge < -0.3 is 5.32 Å². The molecule has 1 aromatic carbocycles. The van der Waals surface area contributed by atoms with Crippen molar-refractivity contribution in [3.05, 3.63) is 42.6 Å². The lowest BCUT2D eigenvalue weighted by Gasteiger charge is -2.10. The van der Waals surface area contributed by atoms with E-state index >= 15 is 0 Å². The first-order valence-corrected chi connectivity index (χ1v) is 5.66. The number of H-pyrrole nitrogens is 1. The Kier molecular flexibility index (Phi) is 2.60. The molecule has 0 amide bonds. The molecule has 0 spiro atoms. The zero-order chi connectivity index (χ0) is 12.4. The van der Waals surface area contributed by atoms with Crippen molar-refractivity contribution in [2.45, 2.75) is 13.0 Å². The summed E-state index contributed by atoms with van der Waals surface area (Å²) in [6, 6.07) is 7.85. The summed E-state index contributed by atoms with van der Waals surface area (Å²) >= 11 is 0. The van der Waals surface area contributed by atoms with Gasteiger partial charge in [0.1, 0.15) is 12.2 Å². The fourth-order valence-electron chi connectivity index (χ4n) is 1.73. The normalized spacial score (nSPS) is 12.5. The molecule has 3 rings (SSSR count). The minimum Gasteiger partial charge on any atom is -0.344 e. The van der Waals surface area contributed by atoms with E-state index in [-0.39, 0.29) is 6.04 Å². The lowest BCUT2D eigenvalue weighted by atomic mass is 10.2. The molecule has 2 N–H and O–H groups in total. The third-order valence-electron chi connectivity index (χ3n) is 2.68. The number of nitrogens with zero attached hydrogens (tertiary/aromatic N) is 4. The van der Waals surface area contributed by atoms with E-state index in [1.54, 1.807) is 6.20 Å². The maximum atomic E-state index is 4.44. The van der Waals surface area contributed by atoms with Gasteiger partial charge in [-0.05, 0) is 13.0 Å². The smallest absolute Gasteiger partial charge is 0.223 e. The highest BCUT2D eigenvalue weighted by Crippen LogP contribution is 2.15. The van der Waals surface area contributed by atoms with E-state index in [4.69, 9.17) is 0 Å². The molecule has 0 aliphatic carbocycles. The van der Waals surface area contributed by atoms with Gasteiger partial charge in [0, 0.05) is 11.6 Å². The van der Waals surface area contributed by atoms with Crippen LogP contribution in [-0.4, -0.2) is 25.1 Å². The molecule has 18 heavy (non-hydrogen) atoms. The topological polar surface area (TPSA) is 79.4 Å². The maximum Gasteiger partial charge on any atom is 0.223 e. The number of aromatic nitrogens is 5. The summed E-state index contributed by atoms with van der Waals surface area (Å²) in [7, 11) is 0. The first kappa shape index (κ1) is 10.6. The maximum absolute atomic E-state index is 4.44. The van der Waals surface area contributed by atoms with Crippen molar-refractivity contribution in [3.8, 4) is 0 Å². The van der Waals surface area contributed by atoms with Crippen molar-refractivity contribution in [2.24, 2.45) is 0 Å². The number of benzene rings is 1. The van der Waals surface area contributed by atoms with Gasteiger partial charge in [0.15, 0.2) is 0 Å². The molecule has 0 bridgehead atoms. The van der Waals surface area contributed by atoms with Crippen LogP contribution in [0.4, 0.5) is 5.95 Å². The van der Waals surface area contributed by atoms with Gasteiger partial charge in [-0.15, -0.1) is 0 Å². The molecule has 0 radical (unpaired) electrons. The molecule has 0 fully saturated rings. The van der Waals surface area contributed by atoms with E-state index in [9.17, 15) is 0 Å². The lowest BCUT2D eigenvalue weighted by Crippen LogP contribution is -2.10. The molecule has 1 unspecified atom stereocenters. The first-order valence-electron chi connectivity index (χ1n) is 5.66.